The number of aliphatic hydroxyl groups is 1. The van der Waals surface area contributed by atoms with Gasteiger partial charge in [-0.25, -0.2) is 0 Å². The standard InChI is InChI=1S/C28H42O6.K/c1-6-18-21-15-17(29)7-11-26(21,4)19-8-12-27(5)20(9-13-28(27,33)14-10-22(30)31)24(19)23(18)25(32)34-16(2)3;/h15-16,18-20,23-24,33H,6-14H2,1-5H3,(H,30,31);/q;+1/p-1/t18?,19-,20-,23?,24+,26+,27-,28-;/m0./s1. The largest absolute Gasteiger partial charge is 1.00 e. The molecule has 0 aromatic heterocycles. The average molecular weight is 513 g/mol. The second-order valence-electron chi connectivity index (χ2n) is 12.2. The number of hydrogen-bond donors (Lipinski definition) is 1. The number of fused-ring (bicyclic) bond motifs is 5. The number of hydrogen-bond acceptors (Lipinski definition) is 6. The van der Waals surface area contributed by atoms with Crippen LogP contribution in [0.5, 0.6) is 0 Å². The molecular formula is C28H41KO6. The molecule has 190 valence electrons. The second kappa shape index (κ2) is 10.6. The monoisotopic (exact) mass is 512 g/mol. The van der Waals surface area contributed by atoms with E-state index in [0.29, 0.717) is 12.8 Å². The van der Waals surface area contributed by atoms with Crippen molar-refractivity contribution in [3.63, 3.8) is 0 Å². The molecule has 0 aliphatic heterocycles. The van der Waals surface area contributed by atoms with Gasteiger partial charge >= 0.3 is 57.4 Å². The molecule has 0 bridgehead atoms. The third kappa shape index (κ3) is 4.80. The van der Waals surface area contributed by atoms with Crippen molar-refractivity contribution in [3.8, 4) is 0 Å². The van der Waals surface area contributed by atoms with E-state index in [9.17, 15) is 24.6 Å². The van der Waals surface area contributed by atoms with Crippen LogP contribution in [0.25, 0.3) is 0 Å². The van der Waals surface area contributed by atoms with Gasteiger partial charge in [0, 0.05) is 12.4 Å². The summed E-state index contributed by atoms with van der Waals surface area (Å²) in [6, 6.07) is 0. The Morgan fingerprint density at radius 2 is 1.83 bits per heavy atom. The first kappa shape index (κ1) is 29.5. The van der Waals surface area contributed by atoms with Crippen molar-refractivity contribution < 1.29 is 80.7 Å². The molecule has 4 aliphatic rings. The van der Waals surface area contributed by atoms with Crippen LogP contribution in [0.4, 0.5) is 0 Å². The first-order chi connectivity index (χ1) is 15.9. The van der Waals surface area contributed by atoms with Crippen molar-refractivity contribution in [2.45, 2.75) is 104 Å². The molecule has 0 amide bonds. The van der Waals surface area contributed by atoms with Crippen LogP contribution in [-0.4, -0.2) is 34.5 Å². The van der Waals surface area contributed by atoms with Gasteiger partial charge in [-0.1, -0.05) is 26.3 Å². The number of ether oxygens (including phenoxy) is 1. The summed E-state index contributed by atoms with van der Waals surface area (Å²) < 4.78 is 5.82. The molecular weight excluding hydrogens is 471 g/mol. The Balaban J connectivity index is 0.00000342. The molecule has 3 fully saturated rings. The molecule has 0 spiro atoms. The van der Waals surface area contributed by atoms with Crippen LogP contribution >= 0.6 is 0 Å². The fourth-order valence-corrected chi connectivity index (χ4v) is 8.71. The smallest absolute Gasteiger partial charge is 0.550 e. The zero-order valence-electron chi connectivity index (χ0n) is 22.4. The number of rotatable bonds is 6. The van der Waals surface area contributed by atoms with Gasteiger partial charge in [-0.2, -0.15) is 0 Å². The molecule has 6 nitrogen and oxygen atoms in total. The maximum absolute atomic E-state index is 13.7. The number of esters is 1. The Morgan fingerprint density at radius 3 is 2.43 bits per heavy atom. The molecule has 3 saturated carbocycles. The van der Waals surface area contributed by atoms with Gasteiger partial charge < -0.3 is 19.7 Å². The van der Waals surface area contributed by atoms with Crippen molar-refractivity contribution in [1.82, 2.24) is 0 Å². The first-order valence-electron chi connectivity index (χ1n) is 13.3. The van der Waals surface area contributed by atoms with Crippen LogP contribution in [0.2, 0.25) is 0 Å². The fourth-order valence-electron chi connectivity index (χ4n) is 8.71. The van der Waals surface area contributed by atoms with Crippen LogP contribution < -0.4 is 56.5 Å². The minimum absolute atomic E-state index is 0. The molecule has 4 rings (SSSR count). The van der Waals surface area contributed by atoms with Gasteiger partial charge in [-0.05, 0) is 106 Å². The third-order valence-corrected chi connectivity index (χ3v) is 10.4. The third-order valence-electron chi connectivity index (χ3n) is 10.4. The van der Waals surface area contributed by atoms with E-state index in [-0.39, 0.29) is 117 Å². The van der Waals surface area contributed by atoms with Crippen LogP contribution in [0.3, 0.4) is 0 Å². The van der Waals surface area contributed by atoms with Crippen molar-refractivity contribution >= 4 is 17.7 Å². The van der Waals surface area contributed by atoms with Crippen LogP contribution in [-0.2, 0) is 19.1 Å². The summed E-state index contributed by atoms with van der Waals surface area (Å²) in [6.07, 6.45) is 6.72. The van der Waals surface area contributed by atoms with Gasteiger partial charge in [0.05, 0.1) is 17.6 Å². The van der Waals surface area contributed by atoms with E-state index in [0.717, 1.165) is 37.7 Å². The number of aliphatic carboxylic acids is 1. The first-order valence-corrected chi connectivity index (χ1v) is 13.3. The van der Waals surface area contributed by atoms with Gasteiger partial charge in [-0.15, -0.1) is 0 Å². The van der Waals surface area contributed by atoms with Gasteiger partial charge in [0.25, 0.3) is 0 Å². The second-order valence-corrected chi connectivity index (χ2v) is 12.2. The summed E-state index contributed by atoms with van der Waals surface area (Å²) in [7, 11) is 0. The van der Waals surface area contributed by atoms with E-state index < -0.39 is 17.0 Å². The van der Waals surface area contributed by atoms with Crippen molar-refractivity contribution in [1.29, 1.82) is 0 Å². The maximum Gasteiger partial charge on any atom is 1.00 e. The summed E-state index contributed by atoms with van der Waals surface area (Å²) in [5.41, 5.74) is -0.537. The number of carbonyl (C=O) groups is 3. The molecule has 8 atom stereocenters. The number of carboxylic acids is 1. The van der Waals surface area contributed by atoms with Gasteiger partial charge in [0.1, 0.15) is 0 Å². The fraction of sp³-hybridized carbons (Fsp3) is 0.821. The van der Waals surface area contributed by atoms with Crippen molar-refractivity contribution in [2.24, 2.45) is 40.4 Å². The molecule has 35 heavy (non-hydrogen) atoms. The molecule has 0 aromatic rings. The Labute approximate surface area is 252 Å². The Bertz CT molecular complexity index is 898. The molecule has 0 aromatic carbocycles. The zero-order valence-corrected chi connectivity index (χ0v) is 25.5. The van der Waals surface area contributed by atoms with Gasteiger partial charge in [-0.3, -0.25) is 9.59 Å². The summed E-state index contributed by atoms with van der Waals surface area (Å²) in [5, 5.41) is 23.0. The number of allylic oxidation sites excluding steroid dienone is 1. The van der Waals surface area contributed by atoms with E-state index in [1.807, 2.05) is 19.9 Å². The number of carboxylic acid groups (broad SMARTS) is 1. The molecule has 0 heterocycles. The van der Waals surface area contributed by atoms with Crippen LogP contribution in [0.15, 0.2) is 11.6 Å². The summed E-state index contributed by atoms with van der Waals surface area (Å²) in [6.45, 7) is 10.2. The van der Waals surface area contributed by atoms with E-state index >= 15 is 0 Å². The predicted molar refractivity (Wildman–Crippen MR) is 125 cm³/mol. The van der Waals surface area contributed by atoms with E-state index in [1.54, 1.807) is 0 Å². The van der Waals surface area contributed by atoms with Crippen LogP contribution in [0.1, 0.15) is 92.4 Å². The summed E-state index contributed by atoms with van der Waals surface area (Å²) in [4.78, 5) is 37.4. The molecule has 4 aliphatic carbocycles. The predicted octanol–water partition coefficient (Wildman–Crippen LogP) is 0.597. The Kier molecular flexibility index (Phi) is 8.94. The van der Waals surface area contributed by atoms with Gasteiger partial charge in [0.2, 0.25) is 0 Å². The minimum Gasteiger partial charge on any atom is -0.550 e. The SMILES string of the molecule is CCC1C2=CC(=O)CC[C@]2(C)[C@H]2CC[C@@]3(C)[C@@H](CC[C@]3(O)CCC(=O)[O-])[C@@H]2C1C(=O)OC(C)C.[K+]. The summed E-state index contributed by atoms with van der Waals surface area (Å²) >= 11 is 0. The quantitative estimate of drug-likeness (QED) is 0.413. The average Bonchev–Trinajstić information content (AvgIpc) is 3.02. The molecule has 0 radical (unpaired) electrons. The Morgan fingerprint density at radius 1 is 1.17 bits per heavy atom. The van der Waals surface area contributed by atoms with Crippen molar-refractivity contribution in [3.05, 3.63) is 11.6 Å². The minimum atomic E-state index is -1.13. The normalized spacial score (nSPS) is 42.3. The molecule has 1 N–H and O–H groups in total. The molecule has 7 heteroatoms. The maximum atomic E-state index is 13.7. The van der Waals surface area contributed by atoms with E-state index in [1.165, 1.54) is 0 Å². The summed E-state index contributed by atoms with van der Waals surface area (Å²) in [5.74, 6) is -1.19. The molecule has 0 saturated heterocycles. The topological polar surface area (TPSA) is 104 Å². The molecule has 2 unspecified atom stereocenters. The van der Waals surface area contributed by atoms with Crippen LogP contribution in [0, 0.1) is 40.4 Å². The zero-order chi connectivity index (χ0) is 25.1. The van der Waals surface area contributed by atoms with Crippen molar-refractivity contribution in [2.75, 3.05) is 0 Å². The number of carbonyl (C=O) groups excluding carboxylic acids is 3. The van der Waals surface area contributed by atoms with Gasteiger partial charge in [0.15, 0.2) is 5.78 Å². The Hall–Kier alpha value is -0.0536. The number of ketones is 1. The van der Waals surface area contributed by atoms with E-state index in [2.05, 4.69) is 20.8 Å². The van der Waals surface area contributed by atoms with E-state index in [4.69, 9.17) is 4.74 Å².